The molecule has 0 atom stereocenters. The van der Waals surface area contributed by atoms with Crippen molar-refractivity contribution in [3.8, 4) is 5.88 Å². The van der Waals surface area contributed by atoms with Crippen LogP contribution in [0.4, 0.5) is 17.2 Å². The molecule has 2 N–H and O–H groups in total. The number of thiophene rings is 1. The third-order valence-electron chi connectivity index (χ3n) is 5.46. The maximum Gasteiger partial charge on any atom is 0.265 e. The Labute approximate surface area is 201 Å². The van der Waals surface area contributed by atoms with Crippen LogP contribution in [0.1, 0.15) is 27.0 Å². The van der Waals surface area contributed by atoms with Crippen molar-refractivity contribution >= 4 is 46.3 Å². The van der Waals surface area contributed by atoms with E-state index in [1.54, 1.807) is 54.3 Å². The second kappa shape index (κ2) is 10.3. The average molecular weight is 480 g/mol. The second-order valence-corrected chi connectivity index (χ2v) is 8.63. The van der Waals surface area contributed by atoms with Crippen molar-refractivity contribution in [3.63, 3.8) is 0 Å². The van der Waals surface area contributed by atoms with E-state index in [1.165, 1.54) is 18.4 Å². The molecule has 3 heterocycles. The Hall–Kier alpha value is -3.92. The molecule has 0 unspecified atom stereocenters. The molecule has 10 heteroatoms. The van der Waals surface area contributed by atoms with Crippen LogP contribution in [0.2, 0.25) is 0 Å². The van der Waals surface area contributed by atoms with Crippen LogP contribution in [-0.4, -0.2) is 60.9 Å². The summed E-state index contributed by atoms with van der Waals surface area (Å²) in [4.78, 5) is 46.0. The average Bonchev–Trinajstić information content (AvgIpc) is 3.40. The SMILES string of the molecule is COc1ccc(NC(=O)c2cccc(NC(=O)c3cccs3)c2)c(N2CCN(C(C)=O)CC2)n1. The Bertz CT molecular complexity index is 1190. The molecular weight excluding hydrogens is 454 g/mol. The molecule has 3 amide bonds. The van der Waals surface area contributed by atoms with Crippen LogP contribution >= 0.6 is 11.3 Å². The lowest BCUT2D eigenvalue weighted by Crippen LogP contribution is -2.48. The number of rotatable bonds is 6. The fraction of sp³-hybridized carbons (Fsp3) is 0.250. The van der Waals surface area contributed by atoms with Crippen molar-refractivity contribution in [2.75, 3.05) is 48.8 Å². The molecule has 4 rings (SSSR count). The first-order chi connectivity index (χ1) is 16.4. The molecule has 176 valence electrons. The van der Waals surface area contributed by atoms with E-state index < -0.39 is 0 Å². The van der Waals surface area contributed by atoms with Crippen LogP contribution in [0.25, 0.3) is 0 Å². The van der Waals surface area contributed by atoms with Crippen LogP contribution in [-0.2, 0) is 4.79 Å². The van der Waals surface area contributed by atoms with Gasteiger partial charge in [0.1, 0.15) is 0 Å². The van der Waals surface area contributed by atoms with E-state index in [0.717, 1.165) is 0 Å². The zero-order valence-corrected chi connectivity index (χ0v) is 19.7. The van der Waals surface area contributed by atoms with Gasteiger partial charge in [-0.1, -0.05) is 12.1 Å². The number of hydrogen-bond donors (Lipinski definition) is 2. The van der Waals surface area contributed by atoms with E-state index in [-0.39, 0.29) is 17.7 Å². The molecule has 1 aromatic carbocycles. The van der Waals surface area contributed by atoms with E-state index in [0.29, 0.717) is 59.7 Å². The van der Waals surface area contributed by atoms with Crippen molar-refractivity contribution in [2.24, 2.45) is 0 Å². The minimum atomic E-state index is -0.331. The predicted molar refractivity (Wildman–Crippen MR) is 132 cm³/mol. The summed E-state index contributed by atoms with van der Waals surface area (Å²) in [5.74, 6) is 0.498. The fourth-order valence-electron chi connectivity index (χ4n) is 3.65. The molecule has 0 radical (unpaired) electrons. The zero-order valence-electron chi connectivity index (χ0n) is 18.9. The summed E-state index contributed by atoms with van der Waals surface area (Å²) >= 11 is 1.35. The van der Waals surface area contributed by atoms with Gasteiger partial charge in [0, 0.05) is 50.4 Å². The number of methoxy groups -OCH3 is 1. The molecule has 9 nitrogen and oxygen atoms in total. The van der Waals surface area contributed by atoms with Gasteiger partial charge in [0.2, 0.25) is 11.8 Å². The van der Waals surface area contributed by atoms with Crippen molar-refractivity contribution in [2.45, 2.75) is 6.92 Å². The summed E-state index contributed by atoms with van der Waals surface area (Å²) in [5, 5.41) is 7.58. The summed E-state index contributed by atoms with van der Waals surface area (Å²) in [5.41, 5.74) is 1.46. The standard InChI is InChI=1S/C24H25N5O4S/c1-16(30)28-10-12-29(13-11-28)22-19(8-9-21(27-22)33-2)26-23(31)17-5-3-6-18(15-17)25-24(32)20-7-4-14-34-20/h3-9,14-15H,10-13H2,1-2H3,(H,25,32)(H,26,31). The zero-order chi connectivity index (χ0) is 24.1. The Morgan fingerprint density at radius 1 is 0.971 bits per heavy atom. The first kappa shape index (κ1) is 23.2. The molecule has 1 fully saturated rings. The Morgan fingerprint density at radius 2 is 1.76 bits per heavy atom. The quantitative estimate of drug-likeness (QED) is 0.562. The van der Waals surface area contributed by atoms with E-state index in [1.807, 2.05) is 16.3 Å². The molecule has 2 aromatic heterocycles. The molecule has 1 aliphatic rings. The summed E-state index contributed by atoms with van der Waals surface area (Å²) < 4.78 is 5.28. The molecule has 34 heavy (non-hydrogen) atoms. The van der Waals surface area contributed by atoms with Gasteiger partial charge >= 0.3 is 0 Å². The fourth-order valence-corrected chi connectivity index (χ4v) is 4.27. The van der Waals surface area contributed by atoms with E-state index in [4.69, 9.17) is 4.74 Å². The number of amides is 3. The normalized spacial score (nSPS) is 13.4. The maximum absolute atomic E-state index is 13.1. The Balaban J connectivity index is 1.51. The van der Waals surface area contributed by atoms with Crippen molar-refractivity contribution in [3.05, 3.63) is 64.4 Å². The predicted octanol–water partition coefficient (Wildman–Crippen LogP) is 3.32. The van der Waals surface area contributed by atoms with Gasteiger partial charge in [0.05, 0.1) is 17.7 Å². The van der Waals surface area contributed by atoms with Gasteiger partial charge in [-0.3, -0.25) is 14.4 Å². The molecule has 3 aromatic rings. The van der Waals surface area contributed by atoms with Crippen molar-refractivity contribution in [1.29, 1.82) is 0 Å². The molecule has 0 aliphatic carbocycles. The van der Waals surface area contributed by atoms with Gasteiger partial charge in [-0.05, 0) is 35.7 Å². The van der Waals surface area contributed by atoms with Crippen LogP contribution in [0.3, 0.4) is 0 Å². The van der Waals surface area contributed by atoms with Crippen molar-refractivity contribution in [1.82, 2.24) is 9.88 Å². The number of piperazine rings is 1. The van der Waals surface area contributed by atoms with Gasteiger partial charge in [0.25, 0.3) is 11.8 Å². The van der Waals surface area contributed by atoms with Crippen LogP contribution in [0.5, 0.6) is 5.88 Å². The monoisotopic (exact) mass is 479 g/mol. The number of benzene rings is 1. The Kier molecular flexibility index (Phi) is 7.07. The van der Waals surface area contributed by atoms with Crippen LogP contribution in [0.15, 0.2) is 53.9 Å². The number of anilines is 3. The van der Waals surface area contributed by atoms with Gasteiger partial charge in [0.15, 0.2) is 5.82 Å². The number of nitrogens with one attached hydrogen (secondary N) is 2. The third-order valence-corrected chi connectivity index (χ3v) is 6.33. The van der Waals surface area contributed by atoms with E-state index >= 15 is 0 Å². The molecule has 0 saturated carbocycles. The molecule has 1 saturated heterocycles. The number of aromatic nitrogens is 1. The molecule has 0 bridgehead atoms. The highest BCUT2D eigenvalue weighted by Crippen LogP contribution is 2.28. The lowest BCUT2D eigenvalue weighted by molar-refractivity contribution is -0.129. The second-order valence-electron chi connectivity index (χ2n) is 7.68. The van der Waals surface area contributed by atoms with E-state index in [9.17, 15) is 14.4 Å². The lowest BCUT2D eigenvalue weighted by Gasteiger charge is -2.35. The summed E-state index contributed by atoms with van der Waals surface area (Å²) in [6.07, 6.45) is 0. The van der Waals surface area contributed by atoms with Crippen molar-refractivity contribution < 1.29 is 19.1 Å². The molecular formula is C24H25N5O4S. The minimum absolute atomic E-state index is 0.0397. The summed E-state index contributed by atoms with van der Waals surface area (Å²) in [6, 6.07) is 13.7. The summed E-state index contributed by atoms with van der Waals surface area (Å²) in [7, 11) is 1.54. The highest BCUT2D eigenvalue weighted by molar-refractivity contribution is 7.12. The van der Waals surface area contributed by atoms with Gasteiger partial charge in [-0.2, -0.15) is 4.98 Å². The number of carbonyl (C=O) groups excluding carboxylic acids is 3. The minimum Gasteiger partial charge on any atom is -0.481 e. The number of pyridine rings is 1. The smallest absolute Gasteiger partial charge is 0.265 e. The highest BCUT2D eigenvalue weighted by Gasteiger charge is 2.23. The topological polar surface area (TPSA) is 104 Å². The molecule has 0 spiro atoms. The first-order valence-electron chi connectivity index (χ1n) is 10.8. The largest absolute Gasteiger partial charge is 0.481 e. The molecule has 1 aliphatic heterocycles. The number of ether oxygens (including phenoxy) is 1. The Morgan fingerprint density at radius 3 is 2.44 bits per heavy atom. The van der Waals surface area contributed by atoms with Gasteiger partial charge in [-0.25, -0.2) is 0 Å². The van der Waals surface area contributed by atoms with Crippen LogP contribution in [0, 0.1) is 0 Å². The van der Waals surface area contributed by atoms with Crippen LogP contribution < -0.4 is 20.3 Å². The van der Waals surface area contributed by atoms with Gasteiger partial charge < -0.3 is 25.2 Å². The highest BCUT2D eigenvalue weighted by atomic mass is 32.1. The van der Waals surface area contributed by atoms with Gasteiger partial charge in [-0.15, -0.1) is 11.3 Å². The number of carbonyl (C=O) groups is 3. The maximum atomic E-state index is 13.1. The summed E-state index contributed by atoms with van der Waals surface area (Å²) in [6.45, 7) is 3.89. The lowest BCUT2D eigenvalue weighted by atomic mass is 10.1. The first-order valence-corrected chi connectivity index (χ1v) is 11.6. The number of nitrogens with zero attached hydrogens (tertiary/aromatic N) is 3. The third kappa shape index (κ3) is 5.34. The van der Waals surface area contributed by atoms with E-state index in [2.05, 4.69) is 15.6 Å². The number of hydrogen-bond acceptors (Lipinski definition) is 7.